The number of hydrogen-bond acceptors (Lipinski definition) is 4. The minimum atomic E-state index is 0.249. The fraction of sp³-hybridized carbons (Fsp3) is 1.00. The predicted molar refractivity (Wildman–Crippen MR) is 92.8 cm³/mol. The molecule has 0 spiro atoms. The third kappa shape index (κ3) is 5.92. The van der Waals surface area contributed by atoms with E-state index in [1.165, 1.54) is 32.6 Å². The summed E-state index contributed by atoms with van der Waals surface area (Å²) in [6, 6.07) is 0.573. The largest absolute Gasteiger partial charge is 0.312 e. The van der Waals surface area contributed by atoms with Crippen molar-refractivity contribution in [3.8, 4) is 0 Å². The van der Waals surface area contributed by atoms with E-state index in [4.69, 9.17) is 0 Å². The Labute approximate surface area is 130 Å². The van der Waals surface area contributed by atoms with Crippen molar-refractivity contribution in [3.05, 3.63) is 0 Å². The van der Waals surface area contributed by atoms with Gasteiger partial charge < -0.3 is 10.2 Å². The van der Waals surface area contributed by atoms with Gasteiger partial charge in [-0.1, -0.05) is 13.8 Å². The topological polar surface area (TPSA) is 18.5 Å². The first-order valence-electron chi connectivity index (χ1n) is 7.88. The molecule has 0 amide bonds. The Morgan fingerprint density at radius 2 is 1.65 bits per heavy atom. The maximum atomic E-state index is 3.75. The molecule has 1 saturated heterocycles. The summed E-state index contributed by atoms with van der Waals surface area (Å²) in [7, 11) is 2.22. The summed E-state index contributed by atoms with van der Waals surface area (Å²) in [5, 5.41) is 3.75. The van der Waals surface area contributed by atoms with Crippen LogP contribution in [0.15, 0.2) is 0 Å². The maximum Gasteiger partial charge on any atom is 0.0278 e. The summed E-state index contributed by atoms with van der Waals surface area (Å²) in [6.07, 6.45) is 3.42. The van der Waals surface area contributed by atoms with E-state index in [1.807, 2.05) is 11.8 Å². The summed E-state index contributed by atoms with van der Waals surface area (Å²) < 4.78 is 0.365. The van der Waals surface area contributed by atoms with Crippen molar-refractivity contribution < 1.29 is 0 Å². The second kappa shape index (κ2) is 7.48. The number of nitrogens with zero attached hydrogens (tertiary/aromatic N) is 2. The second-order valence-corrected chi connectivity index (χ2v) is 9.07. The Balaban J connectivity index is 2.39. The Bertz CT molecular complexity index is 283. The highest BCUT2D eigenvalue weighted by atomic mass is 32.2. The van der Waals surface area contributed by atoms with Crippen molar-refractivity contribution in [2.75, 3.05) is 46.0 Å². The molecule has 1 N–H and O–H groups in total. The smallest absolute Gasteiger partial charge is 0.0278 e. The molecule has 1 fully saturated rings. The van der Waals surface area contributed by atoms with Crippen LogP contribution in [0, 0.1) is 0 Å². The third-order valence-electron chi connectivity index (χ3n) is 4.59. The molecule has 1 rings (SSSR count). The van der Waals surface area contributed by atoms with Crippen molar-refractivity contribution in [3.63, 3.8) is 0 Å². The van der Waals surface area contributed by atoms with E-state index in [-0.39, 0.29) is 5.54 Å². The molecule has 4 heteroatoms. The minimum absolute atomic E-state index is 0.249. The normalized spacial score (nSPS) is 21.1. The molecule has 0 bridgehead atoms. The highest BCUT2D eigenvalue weighted by Gasteiger charge is 2.29. The van der Waals surface area contributed by atoms with Crippen LogP contribution in [0.4, 0.5) is 0 Å². The number of hydrogen-bond donors (Lipinski definition) is 1. The van der Waals surface area contributed by atoms with E-state index >= 15 is 0 Å². The van der Waals surface area contributed by atoms with Gasteiger partial charge in [-0.15, -0.1) is 0 Å². The molecule has 1 atom stereocenters. The Hall–Kier alpha value is 0.230. The lowest BCUT2D eigenvalue weighted by Gasteiger charge is -2.44. The first kappa shape index (κ1) is 18.3. The van der Waals surface area contributed by atoms with E-state index < -0.39 is 0 Å². The van der Waals surface area contributed by atoms with Crippen LogP contribution >= 0.6 is 11.8 Å². The summed E-state index contributed by atoms with van der Waals surface area (Å²) in [5.41, 5.74) is 0.249. The van der Waals surface area contributed by atoms with Gasteiger partial charge in [-0.05, 0) is 40.5 Å². The molecule has 3 nitrogen and oxygen atoms in total. The molecular formula is C16H35N3S. The van der Waals surface area contributed by atoms with Crippen molar-refractivity contribution >= 4 is 11.8 Å². The lowest BCUT2D eigenvalue weighted by Crippen LogP contribution is -2.58. The van der Waals surface area contributed by atoms with E-state index in [0.717, 1.165) is 6.54 Å². The lowest BCUT2D eigenvalue weighted by atomic mass is 9.99. The van der Waals surface area contributed by atoms with Gasteiger partial charge in [0.2, 0.25) is 0 Å². The molecular weight excluding hydrogens is 266 g/mol. The Kier molecular flexibility index (Phi) is 6.84. The first-order valence-corrected chi connectivity index (χ1v) is 9.11. The molecule has 1 aliphatic heterocycles. The van der Waals surface area contributed by atoms with Crippen molar-refractivity contribution in [2.24, 2.45) is 0 Å². The molecule has 0 aliphatic carbocycles. The van der Waals surface area contributed by atoms with Crippen molar-refractivity contribution in [1.82, 2.24) is 15.1 Å². The Morgan fingerprint density at radius 1 is 1.10 bits per heavy atom. The lowest BCUT2D eigenvalue weighted by molar-refractivity contribution is 0.0601. The van der Waals surface area contributed by atoms with Gasteiger partial charge in [0.05, 0.1) is 0 Å². The summed E-state index contributed by atoms with van der Waals surface area (Å²) in [5.74, 6) is 0. The number of piperazine rings is 1. The predicted octanol–water partition coefficient (Wildman–Crippen LogP) is 2.52. The average molecular weight is 302 g/mol. The van der Waals surface area contributed by atoms with Crippen molar-refractivity contribution in [2.45, 2.75) is 57.4 Å². The number of likely N-dealkylation sites (N-methyl/N-ethyl adjacent to an activating group) is 1. The summed E-state index contributed by atoms with van der Waals surface area (Å²) in [6.45, 7) is 17.6. The number of thioether (sulfide) groups is 1. The molecule has 0 saturated carbocycles. The molecule has 1 aliphatic rings. The van der Waals surface area contributed by atoms with Gasteiger partial charge in [-0.3, -0.25) is 4.90 Å². The van der Waals surface area contributed by atoms with Crippen LogP contribution in [0.3, 0.4) is 0 Å². The van der Waals surface area contributed by atoms with Crippen molar-refractivity contribution in [1.29, 1.82) is 0 Å². The average Bonchev–Trinajstić information content (AvgIpc) is 2.37. The number of nitrogens with one attached hydrogen (secondary N) is 1. The monoisotopic (exact) mass is 301 g/mol. The second-order valence-electron chi connectivity index (χ2n) is 7.55. The molecule has 20 heavy (non-hydrogen) atoms. The van der Waals surface area contributed by atoms with Crippen LogP contribution in [0.5, 0.6) is 0 Å². The number of rotatable bonds is 7. The molecule has 0 aromatic heterocycles. The quantitative estimate of drug-likeness (QED) is 0.778. The highest BCUT2D eigenvalue weighted by Crippen LogP contribution is 2.27. The van der Waals surface area contributed by atoms with Gasteiger partial charge in [0.1, 0.15) is 0 Å². The van der Waals surface area contributed by atoms with E-state index in [0.29, 0.717) is 10.8 Å². The van der Waals surface area contributed by atoms with Crippen LogP contribution in [0.1, 0.15) is 41.0 Å². The highest BCUT2D eigenvalue weighted by molar-refractivity contribution is 7.99. The zero-order valence-electron chi connectivity index (χ0n) is 14.6. The third-order valence-corrected chi connectivity index (χ3v) is 5.86. The molecule has 0 radical (unpaired) electrons. The van der Waals surface area contributed by atoms with Crippen LogP contribution in [0.25, 0.3) is 0 Å². The zero-order valence-corrected chi connectivity index (χ0v) is 15.4. The molecule has 0 aromatic rings. The van der Waals surface area contributed by atoms with Gasteiger partial charge in [-0.25, -0.2) is 0 Å². The molecule has 0 aromatic carbocycles. The molecule has 120 valence electrons. The van der Waals surface area contributed by atoms with Crippen LogP contribution in [-0.2, 0) is 0 Å². The fourth-order valence-electron chi connectivity index (χ4n) is 2.84. The van der Waals surface area contributed by atoms with Gasteiger partial charge in [0, 0.05) is 49.1 Å². The summed E-state index contributed by atoms with van der Waals surface area (Å²) in [4.78, 5) is 5.05. The summed E-state index contributed by atoms with van der Waals surface area (Å²) >= 11 is 1.96. The standard InChI is InChI=1S/C16H35N3S/c1-14(12-16(4,5)20-7)17-13-15(2,3)19-10-8-18(6)9-11-19/h14,17H,8-13H2,1-7H3. The van der Waals surface area contributed by atoms with Crippen LogP contribution in [0.2, 0.25) is 0 Å². The van der Waals surface area contributed by atoms with Crippen LogP contribution in [-0.4, -0.2) is 72.2 Å². The molecule has 1 heterocycles. The van der Waals surface area contributed by atoms with E-state index in [1.54, 1.807) is 0 Å². The minimum Gasteiger partial charge on any atom is -0.312 e. The van der Waals surface area contributed by atoms with E-state index in [9.17, 15) is 0 Å². The van der Waals surface area contributed by atoms with Gasteiger partial charge >= 0.3 is 0 Å². The van der Waals surface area contributed by atoms with Gasteiger partial charge in [0.25, 0.3) is 0 Å². The first-order chi connectivity index (χ1) is 9.16. The fourth-order valence-corrected chi connectivity index (χ4v) is 3.26. The SMILES string of the molecule is CSC(C)(C)CC(C)NCC(C)(C)N1CCN(C)CC1. The van der Waals surface area contributed by atoms with Gasteiger partial charge in [-0.2, -0.15) is 11.8 Å². The maximum absolute atomic E-state index is 3.75. The molecule has 1 unspecified atom stereocenters. The van der Waals surface area contributed by atoms with Gasteiger partial charge in [0.15, 0.2) is 0 Å². The van der Waals surface area contributed by atoms with E-state index in [2.05, 4.69) is 63.0 Å². The van der Waals surface area contributed by atoms with Crippen LogP contribution < -0.4 is 5.32 Å². The Morgan fingerprint density at radius 3 is 2.15 bits per heavy atom. The zero-order chi connectivity index (χ0) is 15.4.